The van der Waals surface area contributed by atoms with Crippen LogP contribution in [0.3, 0.4) is 0 Å². The molecule has 5 heteroatoms. The summed E-state index contributed by atoms with van der Waals surface area (Å²) >= 11 is 0. The Morgan fingerprint density at radius 1 is 1.40 bits per heavy atom. The normalized spacial score (nSPS) is 25.9. The number of amides is 2. The predicted octanol–water partition coefficient (Wildman–Crippen LogP) is 1.77. The molecule has 0 spiro atoms. The van der Waals surface area contributed by atoms with E-state index in [1.165, 1.54) is 0 Å². The molecular formula is C15H19N3O2. The zero-order valence-corrected chi connectivity index (χ0v) is 11.6. The van der Waals surface area contributed by atoms with Crippen LogP contribution in [-0.4, -0.2) is 36.0 Å². The van der Waals surface area contributed by atoms with Crippen molar-refractivity contribution >= 4 is 11.9 Å². The molecule has 1 unspecified atom stereocenters. The van der Waals surface area contributed by atoms with Gasteiger partial charge in [0, 0.05) is 13.7 Å². The molecule has 1 heterocycles. The van der Waals surface area contributed by atoms with Gasteiger partial charge in [0.1, 0.15) is 11.4 Å². The lowest BCUT2D eigenvalue weighted by Gasteiger charge is -2.37. The number of methoxy groups -OCH3 is 1. The van der Waals surface area contributed by atoms with E-state index in [1.807, 2.05) is 30.3 Å². The van der Waals surface area contributed by atoms with Gasteiger partial charge in [0.05, 0.1) is 6.61 Å². The molecule has 1 saturated carbocycles. The van der Waals surface area contributed by atoms with Crippen LogP contribution in [0.4, 0.5) is 4.79 Å². The number of urea groups is 1. The number of nitrogens with two attached hydrogens (primary N) is 1. The van der Waals surface area contributed by atoms with Gasteiger partial charge in [-0.3, -0.25) is 0 Å². The first-order valence-electron chi connectivity index (χ1n) is 6.87. The molecule has 0 radical (unpaired) electrons. The van der Waals surface area contributed by atoms with Crippen LogP contribution in [0.2, 0.25) is 0 Å². The van der Waals surface area contributed by atoms with Crippen molar-refractivity contribution in [1.82, 2.24) is 4.90 Å². The van der Waals surface area contributed by atoms with E-state index in [-0.39, 0.29) is 6.03 Å². The third-order valence-corrected chi connectivity index (χ3v) is 4.17. The summed E-state index contributed by atoms with van der Waals surface area (Å²) in [6.45, 7) is 0.926. The van der Waals surface area contributed by atoms with E-state index in [0.29, 0.717) is 24.9 Å². The van der Waals surface area contributed by atoms with Crippen molar-refractivity contribution in [2.75, 3.05) is 13.7 Å². The topological polar surface area (TPSA) is 67.9 Å². The highest BCUT2D eigenvalue weighted by molar-refractivity contribution is 6.06. The number of nitrogens with zero attached hydrogens (tertiary/aromatic N) is 2. The minimum Gasteiger partial charge on any atom is -0.385 e. The summed E-state index contributed by atoms with van der Waals surface area (Å²) in [5.74, 6) is 0.768. The molecule has 1 aromatic carbocycles. The van der Waals surface area contributed by atoms with E-state index < -0.39 is 5.54 Å². The molecule has 1 aliphatic carbocycles. The monoisotopic (exact) mass is 273 g/mol. The largest absolute Gasteiger partial charge is 0.385 e. The Bertz CT molecular complexity index is 539. The van der Waals surface area contributed by atoms with Gasteiger partial charge in [-0.05, 0) is 24.3 Å². The summed E-state index contributed by atoms with van der Waals surface area (Å²) in [7, 11) is 1.64. The summed E-state index contributed by atoms with van der Waals surface area (Å²) in [6.07, 6.45) is 2.14. The fourth-order valence-electron chi connectivity index (χ4n) is 3.02. The van der Waals surface area contributed by atoms with Crippen molar-refractivity contribution in [3.05, 3.63) is 35.9 Å². The number of hydrogen-bond acceptors (Lipinski definition) is 3. The SMILES string of the molecule is COCC1(C2CC2)C(N)=NC(=O)N1Cc1ccccc1. The molecule has 2 N–H and O–H groups in total. The maximum absolute atomic E-state index is 12.2. The van der Waals surface area contributed by atoms with Crippen molar-refractivity contribution in [2.45, 2.75) is 24.9 Å². The average Bonchev–Trinajstić information content (AvgIpc) is 3.25. The maximum atomic E-state index is 12.2. The molecule has 106 valence electrons. The first kappa shape index (κ1) is 13.1. The minimum absolute atomic E-state index is 0.254. The Hall–Kier alpha value is -1.88. The van der Waals surface area contributed by atoms with E-state index >= 15 is 0 Å². The zero-order chi connectivity index (χ0) is 14.2. The Labute approximate surface area is 118 Å². The fraction of sp³-hybridized carbons (Fsp3) is 0.467. The van der Waals surface area contributed by atoms with E-state index in [9.17, 15) is 4.79 Å². The molecule has 0 bridgehead atoms. The molecule has 1 fully saturated rings. The van der Waals surface area contributed by atoms with Crippen molar-refractivity contribution in [1.29, 1.82) is 0 Å². The van der Waals surface area contributed by atoms with E-state index in [4.69, 9.17) is 10.5 Å². The summed E-state index contributed by atoms with van der Waals surface area (Å²) < 4.78 is 5.36. The average molecular weight is 273 g/mol. The van der Waals surface area contributed by atoms with E-state index in [2.05, 4.69) is 4.99 Å². The van der Waals surface area contributed by atoms with Gasteiger partial charge in [0.15, 0.2) is 0 Å². The van der Waals surface area contributed by atoms with Gasteiger partial charge in [-0.15, -0.1) is 0 Å². The first-order chi connectivity index (χ1) is 9.68. The summed E-state index contributed by atoms with van der Waals surface area (Å²) in [5, 5.41) is 0. The number of rotatable bonds is 5. The Kier molecular flexibility index (Phi) is 3.22. The van der Waals surface area contributed by atoms with Gasteiger partial charge < -0.3 is 15.4 Å². The Morgan fingerprint density at radius 2 is 2.10 bits per heavy atom. The van der Waals surface area contributed by atoms with E-state index in [1.54, 1.807) is 12.0 Å². The van der Waals surface area contributed by atoms with Crippen LogP contribution in [0.25, 0.3) is 0 Å². The highest BCUT2D eigenvalue weighted by Gasteiger charge is 2.57. The number of ether oxygens (including phenoxy) is 1. The highest BCUT2D eigenvalue weighted by atomic mass is 16.5. The summed E-state index contributed by atoms with van der Waals surface area (Å²) in [4.78, 5) is 18.0. The molecule has 5 nitrogen and oxygen atoms in total. The molecule has 0 aromatic heterocycles. The molecule has 0 saturated heterocycles. The molecule has 2 amide bonds. The minimum atomic E-state index is -0.554. The van der Waals surface area contributed by atoms with E-state index in [0.717, 1.165) is 18.4 Å². The number of amidine groups is 1. The van der Waals surface area contributed by atoms with Crippen LogP contribution < -0.4 is 5.73 Å². The van der Waals surface area contributed by atoms with Crippen LogP contribution in [0.15, 0.2) is 35.3 Å². The number of aliphatic imine (C=N–C) groups is 1. The third kappa shape index (κ3) is 1.98. The quantitative estimate of drug-likeness (QED) is 0.889. The van der Waals surface area contributed by atoms with Crippen LogP contribution in [-0.2, 0) is 11.3 Å². The molecule has 2 aliphatic rings. The molecule has 1 aromatic rings. The number of carbonyl (C=O) groups is 1. The van der Waals surface area contributed by atoms with Crippen molar-refractivity contribution in [2.24, 2.45) is 16.6 Å². The smallest absolute Gasteiger partial charge is 0.346 e. The summed E-state index contributed by atoms with van der Waals surface area (Å²) in [6, 6.07) is 9.65. The Balaban J connectivity index is 1.92. The maximum Gasteiger partial charge on any atom is 0.346 e. The van der Waals surface area contributed by atoms with Gasteiger partial charge in [-0.2, -0.15) is 4.99 Å². The lowest BCUT2D eigenvalue weighted by atomic mass is 9.91. The molecule has 1 atom stereocenters. The molecular weight excluding hydrogens is 254 g/mol. The van der Waals surface area contributed by atoms with Gasteiger partial charge in [-0.25, -0.2) is 4.79 Å². The van der Waals surface area contributed by atoms with Crippen LogP contribution in [0, 0.1) is 5.92 Å². The van der Waals surface area contributed by atoms with Crippen molar-refractivity contribution in [3.63, 3.8) is 0 Å². The Morgan fingerprint density at radius 3 is 2.70 bits per heavy atom. The first-order valence-corrected chi connectivity index (χ1v) is 6.87. The van der Waals surface area contributed by atoms with Gasteiger partial charge >= 0.3 is 6.03 Å². The highest BCUT2D eigenvalue weighted by Crippen LogP contribution is 2.46. The van der Waals surface area contributed by atoms with Crippen molar-refractivity contribution < 1.29 is 9.53 Å². The number of carbonyl (C=O) groups excluding carboxylic acids is 1. The van der Waals surface area contributed by atoms with Gasteiger partial charge in [0.25, 0.3) is 0 Å². The summed E-state index contributed by atoms with van der Waals surface area (Å²) in [5.41, 5.74) is 6.60. The number of hydrogen-bond donors (Lipinski definition) is 1. The second-order valence-corrected chi connectivity index (χ2v) is 5.48. The molecule has 3 rings (SSSR count). The lowest BCUT2D eigenvalue weighted by molar-refractivity contribution is 0.0661. The lowest BCUT2D eigenvalue weighted by Crippen LogP contribution is -2.58. The standard InChI is InChI=1S/C15H19N3O2/c1-20-10-15(12-7-8-12)13(16)17-14(19)18(15)9-11-5-3-2-4-6-11/h2-6,12H,7-10H2,1H3,(H2,16,17,19). The number of benzene rings is 1. The molecule has 1 aliphatic heterocycles. The second kappa shape index (κ2) is 4.90. The van der Waals surface area contributed by atoms with Gasteiger partial charge in [-0.1, -0.05) is 30.3 Å². The fourth-order valence-corrected chi connectivity index (χ4v) is 3.02. The van der Waals surface area contributed by atoms with Crippen molar-refractivity contribution in [3.8, 4) is 0 Å². The van der Waals surface area contributed by atoms with Crippen LogP contribution in [0.5, 0.6) is 0 Å². The second-order valence-electron chi connectivity index (χ2n) is 5.48. The zero-order valence-electron chi connectivity index (χ0n) is 11.6. The molecule has 20 heavy (non-hydrogen) atoms. The van der Waals surface area contributed by atoms with Crippen LogP contribution in [0.1, 0.15) is 18.4 Å². The predicted molar refractivity (Wildman–Crippen MR) is 76.3 cm³/mol. The third-order valence-electron chi connectivity index (χ3n) is 4.17. The van der Waals surface area contributed by atoms with Gasteiger partial charge in [0.2, 0.25) is 0 Å². The van der Waals surface area contributed by atoms with Crippen LogP contribution >= 0.6 is 0 Å².